The molecule has 0 radical (unpaired) electrons. The number of hydrogen-bond donors (Lipinski definition) is 2. The highest BCUT2D eigenvalue weighted by molar-refractivity contribution is 5.72. The topological polar surface area (TPSA) is 49.3 Å². The van der Waals surface area contributed by atoms with Crippen molar-refractivity contribution in [2.45, 2.75) is 46.8 Å². The van der Waals surface area contributed by atoms with E-state index in [4.69, 9.17) is 0 Å². The van der Waals surface area contributed by atoms with Crippen molar-refractivity contribution in [1.29, 1.82) is 0 Å². The Labute approximate surface area is 104 Å². The van der Waals surface area contributed by atoms with E-state index in [1.165, 1.54) is 6.92 Å². The van der Waals surface area contributed by atoms with Crippen molar-refractivity contribution < 1.29 is 9.90 Å². The van der Waals surface area contributed by atoms with Gasteiger partial charge in [0.2, 0.25) is 5.91 Å². The Hall–Kier alpha value is -1.35. The van der Waals surface area contributed by atoms with Gasteiger partial charge in [0.1, 0.15) is 0 Å². The highest BCUT2D eigenvalue weighted by Crippen LogP contribution is 2.19. The van der Waals surface area contributed by atoms with Crippen LogP contribution in [0.4, 0.5) is 0 Å². The second-order valence-electron chi connectivity index (χ2n) is 4.17. The van der Waals surface area contributed by atoms with Gasteiger partial charge in [-0.3, -0.25) is 4.79 Å². The highest BCUT2D eigenvalue weighted by Gasteiger charge is 2.14. The van der Waals surface area contributed by atoms with Gasteiger partial charge in [0.15, 0.2) is 0 Å². The third-order valence-electron chi connectivity index (χ3n) is 2.20. The number of rotatable bonds is 3. The van der Waals surface area contributed by atoms with Crippen molar-refractivity contribution in [3.8, 4) is 0 Å². The Morgan fingerprint density at radius 1 is 1.24 bits per heavy atom. The summed E-state index contributed by atoms with van der Waals surface area (Å²) in [7, 11) is 0. The van der Waals surface area contributed by atoms with E-state index >= 15 is 0 Å². The molecule has 0 saturated heterocycles. The zero-order valence-electron chi connectivity index (χ0n) is 11.4. The second-order valence-corrected chi connectivity index (χ2v) is 4.17. The Balaban J connectivity index is 0.00000121. The quantitative estimate of drug-likeness (QED) is 0.849. The molecule has 0 fully saturated rings. The van der Waals surface area contributed by atoms with Crippen LogP contribution in [0.25, 0.3) is 0 Å². The minimum atomic E-state index is -0.813. The summed E-state index contributed by atoms with van der Waals surface area (Å²) in [5.74, 6) is -0.0402. The molecular formula is C14H23NO2. The molecule has 0 heterocycles. The van der Waals surface area contributed by atoms with Crippen LogP contribution in [0.15, 0.2) is 24.3 Å². The van der Waals surface area contributed by atoms with E-state index in [-0.39, 0.29) is 5.91 Å². The zero-order valence-corrected chi connectivity index (χ0v) is 11.4. The maximum Gasteiger partial charge on any atom is 0.217 e. The summed E-state index contributed by atoms with van der Waals surface area (Å²) in [4.78, 5) is 10.7. The van der Waals surface area contributed by atoms with Gasteiger partial charge < -0.3 is 10.4 Å². The summed E-state index contributed by atoms with van der Waals surface area (Å²) in [6, 6.07) is 7.56. The van der Waals surface area contributed by atoms with Crippen molar-refractivity contribution in [2.75, 3.05) is 0 Å². The Bertz CT molecular complexity index is 336. The molecule has 1 amide bonds. The van der Waals surface area contributed by atoms with Crippen LogP contribution in [0.1, 0.15) is 45.7 Å². The average Bonchev–Trinajstić information content (AvgIpc) is 2.28. The van der Waals surface area contributed by atoms with Crippen LogP contribution in [-0.2, 0) is 16.9 Å². The number of aliphatic hydroxyl groups is 1. The summed E-state index contributed by atoms with van der Waals surface area (Å²) >= 11 is 0. The first-order valence-corrected chi connectivity index (χ1v) is 5.96. The monoisotopic (exact) mass is 237 g/mol. The van der Waals surface area contributed by atoms with Gasteiger partial charge in [0, 0.05) is 13.5 Å². The Morgan fingerprint density at radius 2 is 1.71 bits per heavy atom. The van der Waals surface area contributed by atoms with Crippen LogP contribution in [-0.4, -0.2) is 11.0 Å². The van der Waals surface area contributed by atoms with E-state index in [0.29, 0.717) is 6.54 Å². The lowest BCUT2D eigenvalue weighted by molar-refractivity contribution is -0.119. The van der Waals surface area contributed by atoms with Gasteiger partial charge in [-0.05, 0) is 25.0 Å². The maximum absolute atomic E-state index is 10.7. The molecule has 1 aromatic carbocycles. The molecule has 17 heavy (non-hydrogen) atoms. The van der Waals surface area contributed by atoms with Gasteiger partial charge in [-0.1, -0.05) is 38.1 Å². The molecule has 0 saturated carbocycles. The Morgan fingerprint density at radius 3 is 2.06 bits per heavy atom. The third-order valence-corrected chi connectivity index (χ3v) is 2.20. The molecule has 0 spiro atoms. The van der Waals surface area contributed by atoms with Crippen LogP contribution in [0, 0.1) is 0 Å². The molecule has 0 atom stereocenters. The van der Waals surface area contributed by atoms with Gasteiger partial charge in [0.25, 0.3) is 0 Å². The van der Waals surface area contributed by atoms with Crippen molar-refractivity contribution >= 4 is 5.91 Å². The lowest BCUT2D eigenvalue weighted by Crippen LogP contribution is -2.19. The predicted octanol–water partition coefficient (Wildman–Crippen LogP) is 2.58. The van der Waals surface area contributed by atoms with Crippen LogP contribution < -0.4 is 5.32 Å². The molecule has 0 aliphatic rings. The van der Waals surface area contributed by atoms with Crippen molar-refractivity contribution in [1.82, 2.24) is 5.32 Å². The molecule has 0 unspecified atom stereocenters. The van der Waals surface area contributed by atoms with Crippen LogP contribution in [0.5, 0.6) is 0 Å². The van der Waals surface area contributed by atoms with Crippen molar-refractivity contribution in [3.05, 3.63) is 35.4 Å². The first-order chi connectivity index (χ1) is 7.89. The van der Waals surface area contributed by atoms with Crippen molar-refractivity contribution in [2.24, 2.45) is 0 Å². The molecule has 3 heteroatoms. The highest BCUT2D eigenvalue weighted by atomic mass is 16.3. The van der Waals surface area contributed by atoms with Gasteiger partial charge >= 0.3 is 0 Å². The zero-order chi connectivity index (χ0) is 13.5. The summed E-state index contributed by atoms with van der Waals surface area (Å²) in [5.41, 5.74) is 1.08. The summed E-state index contributed by atoms with van der Waals surface area (Å²) in [5, 5.41) is 12.4. The third kappa shape index (κ3) is 6.07. The number of carbonyl (C=O) groups excluding carboxylic acids is 1. The fourth-order valence-corrected chi connectivity index (χ4v) is 1.26. The van der Waals surface area contributed by atoms with E-state index in [0.717, 1.165) is 11.1 Å². The minimum Gasteiger partial charge on any atom is -0.386 e. The minimum absolute atomic E-state index is 0.0402. The van der Waals surface area contributed by atoms with Crippen LogP contribution in [0.2, 0.25) is 0 Å². The number of amides is 1. The summed E-state index contributed by atoms with van der Waals surface area (Å²) < 4.78 is 0. The molecule has 1 rings (SSSR count). The van der Waals surface area contributed by atoms with Gasteiger partial charge in [-0.2, -0.15) is 0 Å². The molecule has 2 N–H and O–H groups in total. The average molecular weight is 237 g/mol. The number of benzene rings is 1. The number of nitrogens with one attached hydrogen (secondary N) is 1. The summed E-state index contributed by atoms with van der Waals surface area (Å²) in [6.07, 6.45) is 0. The van der Waals surface area contributed by atoms with Gasteiger partial charge in [0.05, 0.1) is 5.60 Å². The van der Waals surface area contributed by atoms with Crippen LogP contribution >= 0.6 is 0 Å². The van der Waals surface area contributed by atoms with E-state index < -0.39 is 5.60 Å². The van der Waals surface area contributed by atoms with Crippen molar-refractivity contribution in [3.63, 3.8) is 0 Å². The SMILES string of the molecule is CC.CC(=O)NCc1ccc(C(C)(C)O)cc1. The molecule has 0 bridgehead atoms. The van der Waals surface area contributed by atoms with E-state index in [9.17, 15) is 9.90 Å². The van der Waals surface area contributed by atoms with Crippen LogP contribution in [0.3, 0.4) is 0 Å². The Kier molecular flexibility index (Phi) is 6.51. The molecule has 0 aromatic heterocycles. The van der Waals surface area contributed by atoms with E-state index in [2.05, 4.69) is 5.32 Å². The standard InChI is InChI=1S/C12H17NO2.C2H6/c1-9(14)13-8-10-4-6-11(7-5-10)12(2,3)15;1-2/h4-7,15H,8H2,1-3H3,(H,13,14);1-2H3. The fourth-order valence-electron chi connectivity index (χ4n) is 1.26. The molecule has 1 aromatic rings. The lowest BCUT2D eigenvalue weighted by Gasteiger charge is -2.17. The molecule has 0 aliphatic carbocycles. The van der Waals surface area contributed by atoms with E-state index in [1.807, 2.05) is 38.1 Å². The van der Waals surface area contributed by atoms with Gasteiger partial charge in [-0.15, -0.1) is 0 Å². The molecule has 3 nitrogen and oxygen atoms in total. The summed E-state index contributed by atoms with van der Waals surface area (Å²) in [6.45, 7) is 9.51. The number of hydrogen-bond acceptors (Lipinski definition) is 2. The number of carbonyl (C=O) groups is 1. The maximum atomic E-state index is 10.7. The second kappa shape index (κ2) is 7.07. The normalized spacial score (nSPS) is 10.2. The lowest BCUT2D eigenvalue weighted by atomic mass is 9.97. The first-order valence-electron chi connectivity index (χ1n) is 5.96. The van der Waals surface area contributed by atoms with E-state index in [1.54, 1.807) is 13.8 Å². The molecule has 0 aliphatic heterocycles. The molecule has 96 valence electrons. The largest absolute Gasteiger partial charge is 0.386 e. The smallest absolute Gasteiger partial charge is 0.217 e. The first kappa shape index (κ1) is 15.7. The fraction of sp³-hybridized carbons (Fsp3) is 0.500. The predicted molar refractivity (Wildman–Crippen MR) is 70.6 cm³/mol. The molecular weight excluding hydrogens is 214 g/mol. The van der Waals surface area contributed by atoms with Gasteiger partial charge in [-0.25, -0.2) is 0 Å².